The van der Waals surface area contributed by atoms with E-state index in [2.05, 4.69) is 4.57 Å². The minimum absolute atomic E-state index is 0.0116. The van der Waals surface area contributed by atoms with Crippen molar-refractivity contribution in [2.45, 2.75) is 0 Å². The van der Waals surface area contributed by atoms with E-state index in [9.17, 15) is 8.22 Å². The van der Waals surface area contributed by atoms with Crippen LogP contribution in [0.5, 0.6) is 0 Å². The van der Waals surface area contributed by atoms with Gasteiger partial charge in [-0.25, -0.2) is 0 Å². The van der Waals surface area contributed by atoms with Gasteiger partial charge in [0.2, 0.25) is 0 Å². The van der Waals surface area contributed by atoms with E-state index in [-0.39, 0.29) is 16.9 Å². The summed E-state index contributed by atoms with van der Waals surface area (Å²) >= 11 is 0. The number of hydrogen-bond acceptors (Lipinski definition) is 1. The maximum atomic E-state index is 9.87. The minimum atomic E-state index is -0.740. The first-order valence-corrected chi connectivity index (χ1v) is 16.0. The predicted octanol–water partition coefficient (Wildman–Crippen LogP) is 13.3. The number of aromatic nitrogens is 1. The van der Waals surface area contributed by atoms with E-state index in [0.717, 1.165) is 38.6 Å². The fraction of sp³-hybridized carbons (Fsp3) is 0. The molecule has 0 aliphatic heterocycles. The van der Waals surface area contributed by atoms with E-state index in [0.29, 0.717) is 5.56 Å². The van der Waals surface area contributed by atoms with Crippen LogP contribution < -0.4 is 4.90 Å². The summed E-state index contributed by atoms with van der Waals surface area (Å²) in [5, 5.41) is 1.70. The topological polar surface area (TPSA) is 8.17 Å². The Balaban J connectivity index is 1.35. The Morgan fingerprint density at radius 2 is 0.940 bits per heavy atom. The van der Waals surface area contributed by atoms with Gasteiger partial charge >= 0.3 is 0 Å². The van der Waals surface area contributed by atoms with Crippen molar-refractivity contribution >= 4 is 38.9 Å². The van der Waals surface area contributed by atoms with Gasteiger partial charge in [0, 0.05) is 33.5 Å². The molecule has 0 atom stereocenters. The summed E-state index contributed by atoms with van der Waals surface area (Å²) in [6.45, 7) is 0. The highest BCUT2D eigenvalue weighted by Crippen LogP contribution is 2.40. The first-order valence-electron chi connectivity index (χ1n) is 22.5. The molecule has 236 valence electrons. The molecule has 2 heteroatoms. The van der Waals surface area contributed by atoms with Crippen LogP contribution in [0, 0.1) is 0 Å². The molecule has 1 heterocycles. The number of nitrogens with zero attached hydrogens (tertiary/aromatic N) is 2. The highest BCUT2D eigenvalue weighted by Gasteiger charge is 2.17. The minimum Gasteiger partial charge on any atom is -0.310 e. The van der Waals surface area contributed by atoms with Crippen molar-refractivity contribution in [3.8, 4) is 39.1 Å². The Bertz CT molecular complexity index is 3290. The van der Waals surface area contributed by atoms with Crippen LogP contribution in [0.1, 0.15) is 17.8 Å². The Kier molecular flexibility index (Phi) is 4.79. The first-order chi connectivity index (χ1) is 30.2. The molecule has 9 rings (SSSR count). The van der Waals surface area contributed by atoms with Crippen molar-refractivity contribution in [2.24, 2.45) is 0 Å². The van der Waals surface area contributed by atoms with Gasteiger partial charge in [-0.2, -0.15) is 0 Å². The second-order valence-corrected chi connectivity index (χ2v) is 11.6. The SMILES string of the molecule is [2H]c1c([2H])c([2H])c(-c2c([2H])c([2H])c([2H])c(N(c3ccc(-c4ccccc4)cc3)c3c([2H])c([2H])c([2H])c(-c4ccc5c(c4)c4ccccc4n5-c4ccccc4)c3[2H])c2[2H])c([2H])c1[2H]. The standard InChI is InChI=1S/C48H34N2/c1-4-14-35(15-5-1)37-26-29-42(30-27-37)49(43-22-12-18-38(32-43)36-16-6-2-7-17-36)44-23-13-19-39(33-44)40-28-31-48-46(34-40)45-24-10-11-25-47(45)50(48)41-20-8-3-9-21-41/h1-34H/i2D,6D,7D,12D,13D,16D,17D,18D,19D,22D,23D,32D,33D. The largest absolute Gasteiger partial charge is 0.310 e. The van der Waals surface area contributed by atoms with Crippen molar-refractivity contribution < 1.29 is 17.8 Å². The van der Waals surface area contributed by atoms with E-state index in [1.807, 2.05) is 97.1 Å². The van der Waals surface area contributed by atoms with Crippen molar-refractivity contribution in [3.05, 3.63) is 206 Å². The number of anilines is 3. The second kappa shape index (κ2) is 12.8. The number of rotatable bonds is 7. The summed E-state index contributed by atoms with van der Waals surface area (Å²) in [5.41, 5.74) is 3.14. The highest BCUT2D eigenvalue weighted by atomic mass is 15.1. The lowest BCUT2D eigenvalue weighted by molar-refractivity contribution is 1.18. The van der Waals surface area contributed by atoms with Gasteiger partial charge in [0.15, 0.2) is 0 Å². The molecule has 1 aromatic heterocycles. The van der Waals surface area contributed by atoms with E-state index in [4.69, 9.17) is 9.60 Å². The zero-order valence-electron chi connectivity index (χ0n) is 39.5. The van der Waals surface area contributed by atoms with E-state index >= 15 is 0 Å². The van der Waals surface area contributed by atoms with Gasteiger partial charge in [-0.15, -0.1) is 0 Å². The van der Waals surface area contributed by atoms with Crippen molar-refractivity contribution in [2.75, 3.05) is 4.90 Å². The lowest BCUT2D eigenvalue weighted by Gasteiger charge is -2.27. The van der Waals surface area contributed by atoms with Crippen molar-refractivity contribution in [3.63, 3.8) is 0 Å². The molecule has 0 bridgehead atoms. The van der Waals surface area contributed by atoms with Crippen LogP contribution in [-0.4, -0.2) is 4.57 Å². The quantitative estimate of drug-likeness (QED) is 0.166. The molecule has 0 saturated heterocycles. The Morgan fingerprint density at radius 3 is 1.66 bits per heavy atom. The van der Waals surface area contributed by atoms with Crippen LogP contribution in [0.3, 0.4) is 0 Å². The van der Waals surface area contributed by atoms with Crippen LogP contribution in [0.15, 0.2) is 206 Å². The average Bonchev–Trinajstić information content (AvgIpc) is 3.64. The van der Waals surface area contributed by atoms with E-state index in [1.54, 1.807) is 30.3 Å². The third-order valence-electron chi connectivity index (χ3n) is 8.63. The molecule has 0 saturated carbocycles. The predicted molar refractivity (Wildman–Crippen MR) is 212 cm³/mol. The zero-order valence-corrected chi connectivity index (χ0v) is 26.5. The number of benzene rings is 8. The summed E-state index contributed by atoms with van der Waals surface area (Å²) in [6, 6.07) is 31.0. The van der Waals surface area contributed by atoms with Gasteiger partial charge in [0.05, 0.1) is 28.9 Å². The van der Waals surface area contributed by atoms with E-state index in [1.165, 1.54) is 4.90 Å². The fourth-order valence-electron chi connectivity index (χ4n) is 6.32. The molecule has 0 amide bonds. The first kappa shape index (κ1) is 18.8. The Hall–Kier alpha value is -6.64. The molecule has 50 heavy (non-hydrogen) atoms. The van der Waals surface area contributed by atoms with Gasteiger partial charge in [-0.1, -0.05) is 139 Å². The average molecular weight is 652 g/mol. The summed E-state index contributed by atoms with van der Waals surface area (Å²) in [5.74, 6) is 0. The highest BCUT2D eigenvalue weighted by molar-refractivity contribution is 6.10. The van der Waals surface area contributed by atoms with Crippen molar-refractivity contribution in [1.29, 1.82) is 0 Å². The molecular weight excluding hydrogens is 605 g/mol. The Morgan fingerprint density at radius 1 is 0.380 bits per heavy atom. The van der Waals surface area contributed by atoms with Crippen LogP contribution in [0.2, 0.25) is 0 Å². The van der Waals surface area contributed by atoms with Crippen LogP contribution in [0.25, 0.3) is 60.9 Å². The van der Waals surface area contributed by atoms with Gasteiger partial charge in [-0.3, -0.25) is 0 Å². The van der Waals surface area contributed by atoms with Gasteiger partial charge in [-0.05, 0) is 100 Å². The smallest absolute Gasteiger partial charge is 0.0651 e. The maximum Gasteiger partial charge on any atom is 0.0651 e. The zero-order chi connectivity index (χ0) is 44.6. The van der Waals surface area contributed by atoms with Crippen LogP contribution in [0.4, 0.5) is 17.1 Å². The second-order valence-electron chi connectivity index (χ2n) is 11.6. The van der Waals surface area contributed by atoms with Gasteiger partial charge in [0.1, 0.15) is 0 Å². The summed E-state index contributed by atoms with van der Waals surface area (Å²) in [6.07, 6.45) is 0. The monoisotopic (exact) mass is 651 g/mol. The lowest BCUT2D eigenvalue weighted by Crippen LogP contribution is -2.10. The number of para-hydroxylation sites is 2. The molecule has 0 unspecified atom stereocenters. The molecule has 0 radical (unpaired) electrons. The van der Waals surface area contributed by atoms with Gasteiger partial charge < -0.3 is 9.47 Å². The van der Waals surface area contributed by atoms with E-state index < -0.39 is 95.4 Å². The van der Waals surface area contributed by atoms with Crippen molar-refractivity contribution in [1.82, 2.24) is 4.57 Å². The molecule has 0 spiro atoms. The number of hydrogen-bond donors (Lipinski definition) is 0. The van der Waals surface area contributed by atoms with Gasteiger partial charge in [0.25, 0.3) is 0 Å². The third kappa shape index (κ3) is 5.43. The molecule has 0 fully saturated rings. The third-order valence-corrected chi connectivity index (χ3v) is 8.63. The summed E-state index contributed by atoms with van der Waals surface area (Å²) in [7, 11) is 0. The lowest BCUT2D eigenvalue weighted by atomic mass is 10.0. The normalized spacial score (nSPS) is 14.8. The Labute approximate surface area is 311 Å². The molecule has 8 aromatic carbocycles. The molecular formula is C48H34N2. The summed E-state index contributed by atoms with van der Waals surface area (Å²) in [4.78, 5) is 1.21. The molecule has 0 aliphatic carbocycles. The molecule has 9 aromatic rings. The number of fused-ring (bicyclic) bond motifs is 3. The fourth-order valence-corrected chi connectivity index (χ4v) is 6.32. The maximum absolute atomic E-state index is 9.87. The molecule has 0 N–H and O–H groups in total. The van der Waals surface area contributed by atoms with Crippen LogP contribution >= 0.6 is 0 Å². The summed E-state index contributed by atoms with van der Waals surface area (Å²) < 4.78 is 119. The molecule has 2 nitrogen and oxygen atoms in total. The molecule has 0 aliphatic rings. The van der Waals surface area contributed by atoms with Crippen LogP contribution in [-0.2, 0) is 0 Å².